The fourth-order valence-corrected chi connectivity index (χ4v) is 2.57. The van der Waals surface area contributed by atoms with Gasteiger partial charge in [0, 0.05) is 16.0 Å². The number of halogens is 1. The van der Waals surface area contributed by atoms with E-state index >= 15 is 0 Å². The molecular weight excluding hydrogens is 296 g/mol. The van der Waals surface area contributed by atoms with Gasteiger partial charge < -0.3 is 10.4 Å². The molecule has 1 atom stereocenters. The predicted molar refractivity (Wildman–Crippen MR) is 81.2 cm³/mol. The average Bonchev–Trinajstić information content (AvgIpc) is 2.95. The van der Waals surface area contributed by atoms with Crippen LogP contribution < -0.4 is 5.32 Å². The lowest BCUT2D eigenvalue weighted by atomic mass is 10.2. The van der Waals surface area contributed by atoms with E-state index < -0.39 is 0 Å². The number of carbonyl (C=O) groups is 1. The summed E-state index contributed by atoms with van der Waals surface area (Å²) < 4.78 is 0. The summed E-state index contributed by atoms with van der Waals surface area (Å²) in [4.78, 5) is 16.3. The number of aliphatic hydroxyl groups excluding tert-OH is 1. The van der Waals surface area contributed by atoms with Crippen molar-refractivity contribution < 1.29 is 9.90 Å². The van der Waals surface area contributed by atoms with Gasteiger partial charge in [-0.1, -0.05) is 30.7 Å². The van der Waals surface area contributed by atoms with Crippen LogP contribution >= 0.6 is 22.9 Å². The van der Waals surface area contributed by atoms with E-state index in [1.54, 1.807) is 17.5 Å². The van der Waals surface area contributed by atoms with Crippen LogP contribution in [0.2, 0.25) is 5.02 Å². The second kappa shape index (κ2) is 6.83. The van der Waals surface area contributed by atoms with Crippen LogP contribution in [0, 0.1) is 0 Å². The summed E-state index contributed by atoms with van der Waals surface area (Å²) in [5.74, 6) is -0.262. The number of hydrogen-bond donors (Lipinski definition) is 2. The van der Waals surface area contributed by atoms with Crippen LogP contribution in [-0.2, 0) is 0 Å². The topological polar surface area (TPSA) is 62.2 Å². The minimum atomic E-state index is -0.262. The summed E-state index contributed by atoms with van der Waals surface area (Å²) in [6.45, 7) is 1.83. The third-order valence-electron chi connectivity index (χ3n) is 2.88. The van der Waals surface area contributed by atoms with Gasteiger partial charge in [-0.25, -0.2) is 4.98 Å². The fourth-order valence-electron chi connectivity index (χ4n) is 1.64. The van der Waals surface area contributed by atoms with Crippen molar-refractivity contribution in [1.82, 2.24) is 10.3 Å². The van der Waals surface area contributed by atoms with Crippen LogP contribution in [0.25, 0.3) is 10.6 Å². The zero-order valence-electron chi connectivity index (χ0n) is 11.0. The molecule has 2 N–H and O–H groups in total. The van der Waals surface area contributed by atoms with Crippen LogP contribution in [0.3, 0.4) is 0 Å². The Labute approximate surface area is 126 Å². The molecule has 20 heavy (non-hydrogen) atoms. The molecule has 0 aliphatic carbocycles. The number of amides is 1. The molecule has 0 bridgehead atoms. The van der Waals surface area contributed by atoms with Crippen molar-refractivity contribution in [2.24, 2.45) is 0 Å². The van der Waals surface area contributed by atoms with Gasteiger partial charge in [0.2, 0.25) is 0 Å². The predicted octanol–water partition coefficient (Wildman–Crippen LogP) is 2.96. The molecule has 0 saturated heterocycles. The molecule has 1 amide bonds. The van der Waals surface area contributed by atoms with Crippen LogP contribution in [0.5, 0.6) is 0 Å². The highest BCUT2D eigenvalue weighted by atomic mass is 35.5. The van der Waals surface area contributed by atoms with Gasteiger partial charge >= 0.3 is 0 Å². The molecular formula is C14H15ClN2O2S. The van der Waals surface area contributed by atoms with Gasteiger partial charge in [-0.2, -0.15) is 0 Å². The van der Waals surface area contributed by atoms with E-state index in [1.807, 2.05) is 19.1 Å². The number of aliphatic hydroxyl groups is 1. The van der Waals surface area contributed by atoms with Crippen LogP contribution in [0.15, 0.2) is 29.6 Å². The summed E-state index contributed by atoms with van der Waals surface area (Å²) in [7, 11) is 0. The van der Waals surface area contributed by atoms with Crippen molar-refractivity contribution in [1.29, 1.82) is 0 Å². The van der Waals surface area contributed by atoms with Crippen molar-refractivity contribution in [3.05, 3.63) is 40.4 Å². The Bertz CT molecular complexity index is 579. The molecule has 6 heteroatoms. The Balaban J connectivity index is 2.12. The Kier molecular flexibility index (Phi) is 5.11. The van der Waals surface area contributed by atoms with Gasteiger partial charge in [0.05, 0.1) is 12.6 Å². The Hall–Kier alpha value is -1.43. The highest BCUT2D eigenvalue weighted by molar-refractivity contribution is 7.13. The highest BCUT2D eigenvalue weighted by Crippen LogP contribution is 2.25. The largest absolute Gasteiger partial charge is 0.394 e. The van der Waals surface area contributed by atoms with Crippen LogP contribution in [0.1, 0.15) is 23.8 Å². The zero-order valence-corrected chi connectivity index (χ0v) is 12.5. The number of carbonyl (C=O) groups excluding carboxylic acids is 1. The number of hydrogen-bond acceptors (Lipinski definition) is 4. The monoisotopic (exact) mass is 310 g/mol. The summed E-state index contributed by atoms with van der Waals surface area (Å²) in [5.41, 5.74) is 1.29. The Morgan fingerprint density at radius 3 is 2.75 bits per heavy atom. The number of nitrogens with zero attached hydrogens (tertiary/aromatic N) is 1. The molecule has 0 radical (unpaired) electrons. The smallest absolute Gasteiger partial charge is 0.271 e. The maximum absolute atomic E-state index is 12.0. The molecule has 0 aliphatic heterocycles. The molecule has 4 nitrogen and oxygen atoms in total. The highest BCUT2D eigenvalue weighted by Gasteiger charge is 2.15. The Morgan fingerprint density at radius 1 is 1.45 bits per heavy atom. The van der Waals surface area contributed by atoms with E-state index in [9.17, 15) is 4.79 Å². The first-order valence-electron chi connectivity index (χ1n) is 6.27. The molecule has 1 heterocycles. The van der Waals surface area contributed by atoms with E-state index in [1.165, 1.54) is 11.3 Å². The first kappa shape index (κ1) is 15.0. The fraction of sp³-hybridized carbons (Fsp3) is 0.286. The first-order valence-corrected chi connectivity index (χ1v) is 7.53. The molecule has 2 rings (SSSR count). The quantitative estimate of drug-likeness (QED) is 0.892. The van der Waals surface area contributed by atoms with Crippen LogP contribution in [0.4, 0.5) is 0 Å². The summed E-state index contributed by atoms with van der Waals surface area (Å²) in [6.07, 6.45) is 0.677. The third kappa shape index (κ3) is 3.56. The van der Waals surface area contributed by atoms with E-state index in [4.69, 9.17) is 16.7 Å². The summed E-state index contributed by atoms with van der Waals surface area (Å²) >= 11 is 7.24. The molecule has 106 valence electrons. The van der Waals surface area contributed by atoms with Gasteiger partial charge in [-0.05, 0) is 18.6 Å². The molecule has 0 unspecified atom stereocenters. The lowest BCUT2D eigenvalue weighted by molar-refractivity contribution is 0.0910. The number of thiazole rings is 1. The first-order chi connectivity index (χ1) is 9.63. The number of benzene rings is 1. The van der Waals surface area contributed by atoms with Crippen molar-refractivity contribution in [3.8, 4) is 10.6 Å². The summed E-state index contributed by atoms with van der Waals surface area (Å²) in [6, 6.07) is 7.08. The van der Waals surface area contributed by atoms with Crippen molar-refractivity contribution in [3.63, 3.8) is 0 Å². The third-order valence-corrected chi connectivity index (χ3v) is 4.02. The molecule has 1 aromatic carbocycles. The molecule has 0 saturated carbocycles. The second-order valence-corrected chi connectivity index (χ2v) is 5.60. The summed E-state index contributed by atoms with van der Waals surface area (Å²) in [5, 5.41) is 15.0. The minimum Gasteiger partial charge on any atom is -0.394 e. The normalized spacial score (nSPS) is 12.2. The Morgan fingerprint density at radius 2 is 2.15 bits per heavy atom. The van der Waals surface area contributed by atoms with Crippen molar-refractivity contribution >= 4 is 28.8 Å². The van der Waals surface area contributed by atoms with E-state index in [0.29, 0.717) is 17.1 Å². The maximum Gasteiger partial charge on any atom is 0.271 e. The lowest BCUT2D eigenvalue weighted by Crippen LogP contribution is -2.37. The molecule has 0 fully saturated rings. The number of rotatable bonds is 5. The molecule has 2 aromatic rings. The molecule has 0 aliphatic rings. The number of aromatic nitrogens is 1. The molecule has 1 aromatic heterocycles. The standard InChI is InChI=1S/C14H15ClN2O2S/c1-2-11(7-18)16-13(19)12-8-20-14(17-12)9-3-5-10(15)6-4-9/h3-6,8,11,18H,2,7H2,1H3,(H,16,19)/t11-/m0/s1. The second-order valence-electron chi connectivity index (χ2n) is 4.31. The van der Waals surface area contributed by atoms with E-state index in [2.05, 4.69) is 10.3 Å². The van der Waals surface area contributed by atoms with Gasteiger partial charge in [-0.3, -0.25) is 4.79 Å². The van der Waals surface area contributed by atoms with Gasteiger partial charge in [-0.15, -0.1) is 11.3 Å². The lowest BCUT2D eigenvalue weighted by Gasteiger charge is -2.12. The molecule has 0 spiro atoms. The van der Waals surface area contributed by atoms with E-state index in [-0.39, 0.29) is 18.6 Å². The van der Waals surface area contributed by atoms with E-state index in [0.717, 1.165) is 10.6 Å². The minimum absolute atomic E-state index is 0.0730. The van der Waals surface area contributed by atoms with Gasteiger partial charge in [0.25, 0.3) is 5.91 Å². The zero-order chi connectivity index (χ0) is 14.5. The van der Waals surface area contributed by atoms with Gasteiger partial charge in [0.15, 0.2) is 0 Å². The van der Waals surface area contributed by atoms with Crippen LogP contribution in [-0.4, -0.2) is 28.6 Å². The SMILES string of the molecule is CC[C@@H](CO)NC(=O)c1csc(-c2ccc(Cl)cc2)n1. The number of nitrogens with one attached hydrogen (secondary N) is 1. The van der Waals surface area contributed by atoms with Crippen molar-refractivity contribution in [2.75, 3.05) is 6.61 Å². The van der Waals surface area contributed by atoms with Crippen molar-refractivity contribution in [2.45, 2.75) is 19.4 Å². The average molecular weight is 311 g/mol. The van der Waals surface area contributed by atoms with Gasteiger partial charge in [0.1, 0.15) is 10.7 Å². The maximum atomic E-state index is 12.0.